The Morgan fingerprint density at radius 3 is 1.12 bits per heavy atom. The summed E-state index contributed by atoms with van der Waals surface area (Å²) in [5.74, 6) is 0. The summed E-state index contributed by atoms with van der Waals surface area (Å²) in [7, 11) is -5.18. The Morgan fingerprint density at radius 2 is 1.12 bits per heavy atom. The fourth-order valence-electron chi connectivity index (χ4n) is 0. The molecule has 8 heavy (non-hydrogen) atoms. The summed E-state index contributed by atoms with van der Waals surface area (Å²) in [6.07, 6.45) is 0. The van der Waals surface area contributed by atoms with E-state index < -0.39 is 20.2 Å². The van der Waals surface area contributed by atoms with Crippen molar-refractivity contribution < 1.29 is 17.5 Å². The summed E-state index contributed by atoms with van der Waals surface area (Å²) in [5.41, 5.74) is 0. The zero-order chi connectivity index (χ0) is 5.15. The third kappa shape index (κ3) is 11.0. The second-order valence-corrected chi connectivity index (χ2v) is 3.01. The first-order valence-electron chi connectivity index (χ1n) is 0.865. The van der Waals surface area contributed by atoms with Crippen molar-refractivity contribution >= 4 is 77.1 Å². The molecule has 0 rings (SSSR count). The Kier molecular flexibility index (Phi) is 19.0. The Balaban J connectivity index is -0.000000125. The van der Waals surface area contributed by atoms with Crippen molar-refractivity contribution in [3.63, 3.8) is 0 Å². The molecule has 2 N–H and O–H groups in total. The van der Waals surface area contributed by atoms with E-state index in [0.29, 0.717) is 0 Å². The summed E-state index contributed by atoms with van der Waals surface area (Å²) < 4.78 is 33.6. The van der Waals surface area contributed by atoms with Gasteiger partial charge in [0.25, 0.3) is 20.2 Å². The van der Waals surface area contributed by atoms with E-state index in [1.165, 1.54) is 0 Å². The predicted molar refractivity (Wildman–Crippen MR) is 37.2 cm³/mol. The van der Waals surface area contributed by atoms with Gasteiger partial charge in [0, 0.05) is 0 Å². The summed E-state index contributed by atoms with van der Waals surface area (Å²) >= 11 is 0. The van der Waals surface area contributed by atoms with Crippen LogP contribution in [0, 0.1) is 0 Å². The Labute approximate surface area is 93.2 Å². The zero-order valence-corrected chi connectivity index (χ0v) is 10.4. The van der Waals surface area contributed by atoms with Crippen LogP contribution in [-0.4, -0.2) is 74.4 Å². The minimum absolute atomic E-state index is 0. The maximum atomic E-state index is 9.26. The summed E-state index contributed by atoms with van der Waals surface area (Å²) in [4.78, 5) is 0. The van der Waals surface area contributed by atoms with Crippen LogP contribution in [-0.2, 0) is 20.2 Å². The quantitative estimate of drug-likeness (QED) is 0.315. The van der Waals surface area contributed by atoms with E-state index in [2.05, 4.69) is 0 Å². The average Bonchev–Trinajstić information content (AvgIpc) is 1.36. The molecule has 2 unspecified atom stereocenters. The van der Waals surface area contributed by atoms with E-state index in [1.807, 2.05) is 0 Å². The summed E-state index contributed by atoms with van der Waals surface area (Å²) in [6, 6.07) is 0. The standard InChI is InChI=1S/Na.H2O4S2.Pb.3H/c;1-5(2)6(3)4;;;;/h;(H,1,2)(H,3,4);;;;. The molecule has 2 atom stereocenters. The third-order valence-electron chi connectivity index (χ3n) is 0.122. The SMILES string of the molecule is O=S(O)S(=O)O.[NaH].[PbH2]. The molecule has 0 amide bonds. The topological polar surface area (TPSA) is 74.6 Å². The zero-order valence-electron chi connectivity index (χ0n) is 3.23. The molecule has 4 nitrogen and oxygen atoms in total. The van der Waals surface area contributed by atoms with Crippen LogP contribution in [0.15, 0.2) is 0 Å². The van der Waals surface area contributed by atoms with Gasteiger partial charge in [0.2, 0.25) is 0 Å². The number of hydrogen-bond acceptors (Lipinski definition) is 2. The molecular weight excluding hydrogens is 358 g/mol. The fourth-order valence-corrected chi connectivity index (χ4v) is 0. The van der Waals surface area contributed by atoms with Gasteiger partial charge < -0.3 is 0 Å². The van der Waals surface area contributed by atoms with Crippen molar-refractivity contribution in [2.24, 2.45) is 0 Å². The summed E-state index contributed by atoms with van der Waals surface area (Å²) in [6.45, 7) is 0. The molecule has 8 heteroatoms. The van der Waals surface area contributed by atoms with Gasteiger partial charge in [-0.25, -0.2) is 8.42 Å². The van der Waals surface area contributed by atoms with Crippen molar-refractivity contribution in [2.75, 3.05) is 0 Å². The van der Waals surface area contributed by atoms with Gasteiger partial charge in [0.15, 0.2) is 0 Å². The van der Waals surface area contributed by atoms with E-state index in [-0.39, 0.29) is 56.9 Å². The normalized spacial score (nSPS) is 14.8. The second kappa shape index (κ2) is 9.14. The van der Waals surface area contributed by atoms with E-state index in [1.54, 1.807) is 0 Å². The molecular formula is H5NaO4PbS2. The van der Waals surface area contributed by atoms with Crippen molar-refractivity contribution in [1.29, 1.82) is 0 Å². The Hall–Kier alpha value is 2.14. The van der Waals surface area contributed by atoms with Crippen molar-refractivity contribution in [1.82, 2.24) is 0 Å². The third-order valence-corrected chi connectivity index (χ3v) is 1.10. The first-order valence-corrected chi connectivity index (χ1v) is 3.60. The van der Waals surface area contributed by atoms with Crippen LogP contribution >= 0.6 is 0 Å². The number of rotatable bonds is 1. The van der Waals surface area contributed by atoms with Gasteiger partial charge in [-0.05, 0) is 0 Å². The van der Waals surface area contributed by atoms with Crippen LogP contribution in [0.5, 0.6) is 0 Å². The first-order chi connectivity index (χ1) is 2.64. The van der Waals surface area contributed by atoms with Crippen molar-refractivity contribution in [2.45, 2.75) is 0 Å². The molecule has 0 bridgehead atoms. The molecule has 0 aromatic carbocycles. The molecule has 0 aromatic rings. The molecule has 0 saturated heterocycles. The monoisotopic (exact) mass is 364 g/mol. The van der Waals surface area contributed by atoms with Gasteiger partial charge >= 0.3 is 56.9 Å². The van der Waals surface area contributed by atoms with Crippen molar-refractivity contribution in [3.05, 3.63) is 0 Å². The molecule has 0 aliphatic heterocycles. The van der Waals surface area contributed by atoms with Crippen LogP contribution < -0.4 is 0 Å². The average molecular weight is 363 g/mol. The Bertz CT molecular complexity index is 80.0. The van der Waals surface area contributed by atoms with Crippen LogP contribution in [0.1, 0.15) is 0 Å². The van der Waals surface area contributed by atoms with Gasteiger partial charge in [0.05, 0.1) is 0 Å². The van der Waals surface area contributed by atoms with E-state index >= 15 is 0 Å². The molecule has 0 aliphatic carbocycles. The van der Waals surface area contributed by atoms with Crippen molar-refractivity contribution in [3.8, 4) is 0 Å². The van der Waals surface area contributed by atoms with Crippen LogP contribution in [0.3, 0.4) is 0 Å². The fraction of sp³-hybridized carbons (Fsp3) is 0. The molecule has 0 aliphatic rings. The molecule has 0 spiro atoms. The van der Waals surface area contributed by atoms with Crippen LogP contribution in [0.25, 0.3) is 0 Å². The summed E-state index contributed by atoms with van der Waals surface area (Å²) in [5, 5.41) is 0. The van der Waals surface area contributed by atoms with Gasteiger partial charge in [-0.3, -0.25) is 9.11 Å². The van der Waals surface area contributed by atoms with Gasteiger partial charge in [-0.15, -0.1) is 0 Å². The van der Waals surface area contributed by atoms with Gasteiger partial charge in [0.1, 0.15) is 0 Å². The minimum atomic E-state index is -2.59. The Morgan fingerprint density at radius 1 is 1.00 bits per heavy atom. The molecule has 0 saturated carbocycles. The van der Waals surface area contributed by atoms with E-state index in [0.717, 1.165) is 0 Å². The van der Waals surface area contributed by atoms with Gasteiger partial charge in [-0.2, -0.15) is 0 Å². The first kappa shape index (κ1) is 16.6. The maximum absolute atomic E-state index is 9.26. The molecule has 2 radical (unpaired) electrons. The molecule has 0 heterocycles. The number of hydrogen-bond donors (Lipinski definition) is 2. The van der Waals surface area contributed by atoms with E-state index in [4.69, 9.17) is 9.11 Å². The van der Waals surface area contributed by atoms with Gasteiger partial charge in [-0.1, -0.05) is 0 Å². The molecule has 0 aromatic heterocycles. The van der Waals surface area contributed by atoms with Crippen LogP contribution in [0.4, 0.5) is 0 Å². The second-order valence-electron chi connectivity index (χ2n) is 0.434. The van der Waals surface area contributed by atoms with E-state index in [9.17, 15) is 8.42 Å². The van der Waals surface area contributed by atoms with Crippen LogP contribution in [0.2, 0.25) is 0 Å². The molecule has 0 fully saturated rings. The predicted octanol–water partition coefficient (Wildman–Crippen LogP) is -2.22. The molecule has 46 valence electrons.